The van der Waals surface area contributed by atoms with Crippen LogP contribution in [0.4, 0.5) is 4.39 Å². The van der Waals surface area contributed by atoms with Gasteiger partial charge in [0.1, 0.15) is 10.8 Å². The van der Waals surface area contributed by atoms with Crippen LogP contribution in [-0.2, 0) is 12.0 Å². The monoisotopic (exact) mass is 462 g/mol. The van der Waals surface area contributed by atoms with E-state index in [9.17, 15) is 4.39 Å². The van der Waals surface area contributed by atoms with Gasteiger partial charge >= 0.3 is 0 Å². The number of aryl methyl sites for hydroxylation is 1. The second-order valence-electron chi connectivity index (χ2n) is 6.04. The molecule has 0 saturated heterocycles. The van der Waals surface area contributed by atoms with Crippen molar-refractivity contribution < 1.29 is 4.39 Å². The van der Waals surface area contributed by atoms with Gasteiger partial charge in [0.05, 0.1) is 6.54 Å². The van der Waals surface area contributed by atoms with Crippen LogP contribution in [0, 0.1) is 12.7 Å². The van der Waals surface area contributed by atoms with Crippen molar-refractivity contribution in [1.29, 1.82) is 0 Å². The summed E-state index contributed by atoms with van der Waals surface area (Å²) in [5.74, 6) is 0.500. The van der Waals surface area contributed by atoms with Gasteiger partial charge in [-0.25, -0.2) is 9.37 Å². The number of aromatic nitrogens is 1. The number of aliphatic imine (C=N–C) groups is 1. The van der Waals surface area contributed by atoms with Crippen molar-refractivity contribution in [3.05, 3.63) is 51.7 Å². The Hall–Kier alpha value is -1.22. The van der Waals surface area contributed by atoms with E-state index < -0.39 is 0 Å². The summed E-state index contributed by atoms with van der Waals surface area (Å²) in [5.41, 5.74) is 0.744. The van der Waals surface area contributed by atoms with Gasteiger partial charge in [-0.2, -0.15) is 0 Å². The summed E-state index contributed by atoms with van der Waals surface area (Å²) in [5, 5.41) is 7.57. The first-order valence-corrected chi connectivity index (χ1v) is 8.34. The van der Waals surface area contributed by atoms with Crippen LogP contribution in [0.3, 0.4) is 0 Å². The van der Waals surface area contributed by atoms with Crippen molar-refractivity contribution in [3.8, 4) is 0 Å². The summed E-state index contributed by atoms with van der Waals surface area (Å²) in [6, 6.07) is 6.73. The van der Waals surface area contributed by atoms with E-state index in [1.807, 2.05) is 19.2 Å². The molecule has 0 aliphatic carbocycles. The highest BCUT2D eigenvalue weighted by Gasteiger charge is 2.21. The number of benzene rings is 1. The standard InChI is InChI=1S/C17H23FN4S.HI/c1-12-9-20-15(23-12)10-21-16(19-4)22-11-17(2,3)13-6-5-7-14(18)8-13;/h5-9H,10-11H2,1-4H3,(H2,19,21,22);1H. The molecule has 2 aromatic rings. The maximum absolute atomic E-state index is 13.4. The van der Waals surface area contributed by atoms with Crippen LogP contribution in [0.15, 0.2) is 35.5 Å². The zero-order valence-electron chi connectivity index (χ0n) is 14.4. The molecular weight excluding hydrogens is 438 g/mol. The third-order valence-corrected chi connectivity index (χ3v) is 4.52. The lowest BCUT2D eigenvalue weighted by Gasteiger charge is -2.26. The van der Waals surface area contributed by atoms with Gasteiger partial charge in [-0.3, -0.25) is 4.99 Å². The molecule has 0 aliphatic heterocycles. The lowest BCUT2D eigenvalue weighted by atomic mass is 9.84. The van der Waals surface area contributed by atoms with Gasteiger partial charge in [-0.05, 0) is 24.6 Å². The number of hydrogen-bond acceptors (Lipinski definition) is 3. The van der Waals surface area contributed by atoms with Gasteiger partial charge in [0.25, 0.3) is 0 Å². The number of thiazole rings is 1. The van der Waals surface area contributed by atoms with E-state index in [0.717, 1.165) is 10.6 Å². The minimum Gasteiger partial charge on any atom is -0.356 e. The van der Waals surface area contributed by atoms with Gasteiger partial charge in [-0.15, -0.1) is 35.3 Å². The molecule has 2 N–H and O–H groups in total. The molecule has 1 aromatic carbocycles. The average Bonchev–Trinajstić information content (AvgIpc) is 2.93. The first kappa shape index (κ1) is 20.8. The molecule has 0 amide bonds. The second kappa shape index (κ2) is 9.31. The van der Waals surface area contributed by atoms with E-state index in [1.54, 1.807) is 30.5 Å². The Morgan fingerprint density at radius 2 is 2.08 bits per heavy atom. The lowest BCUT2D eigenvalue weighted by Crippen LogP contribution is -2.43. The highest BCUT2D eigenvalue weighted by atomic mass is 127. The van der Waals surface area contributed by atoms with Gasteiger partial charge in [-0.1, -0.05) is 26.0 Å². The Kier molecular flexibility index (Phi) is 8.08. The van der Waals surface area contributed by atoms with E-state index >= 15 is 0 Å². The molecule has 7 heteroatoms. The summed E-state index contributed by atoms with van der Waals surface area (Å²) in [6.07, 6.45) is 1.87. The van der Waals surface area contributed by atoms with Crippen LogP contribution >= 0.6 is 35.3 Å². The molecule has 0 unspecified atom stereocenters. The average molecular weight is 462 g/mol. The highest BCUT2D eigenvalue weighted by molar-refractivity contribution is 14.0. The fourth-order valence-electron chi connectivity index (χ4n) is 2.18. The van der Waals surface area contributed by atoms with Crippen LogP contribution in [0.1, 0.15) is 29.3 Å². The number of guanidine groups is 1. The normalized spacial score (nSPS) is 11.8. The molecule has 132 valence electrons. The molecule has 24 heavy (non-hydrogen) atoms. The quantitative estimate of drug-likeness (QED) is 0.403. The van der Waals surface area contributed by atoms with Crippen LogP contribution in [0.2, 0.25) is 0 Å². The molecule has 4 nitrogen and oxygen atoms in total. The maximum Gasteiger partial charge on any atom is 0.191 e. The predicted octanol–water partition coefficient (Wildman–Crippen LogP) is 3.85. The summed E-state index contributed by atoms with van der Waals surface area (Å²) >= 11 is 1.66. The Labute approximate surface area is 164 Å². The SMILES string of the molecule is CN=C(NCc1ncc(C)s1)NCC(C)(C)c1cccc(F)c1.I. The third-order valence-electron chi connectivity index (χ3n) is 3.60. The van der Waals surface area contributed by atoms with Crippen molar-refractivity contribution in [2.75, 3.05) is 13.6 Å². The molecule has 0 saturated carbocycles. The maximum atomic E-state index is 13.4. The van der Waals surface area contributed by atoms with Crippen LogP contribution in [0.25, 0.3) is 0 Å². The Morgan fingerprint density at radius 3 is 2.67 bits per heavy atom. The number of nitrogens with one attached hydrogen (secondary N) is 2. The zero-order chi connectivity index (χ0) is 16.9. The van der Waals surface area contributed by atoms with Crippen molar-refractivity contribution in [2.24, 2.45) is 4.99 Å². The molecule has 2 rings (SSSR count). The first-order chi connectivity index (χ1) is 10.9. The molecule has 0 bridgehead atoms. The minimum atomic E-state index is -0.211. The van der Waals surface area contributed by atoms with E-state index in [1.165, 1.54) is 10.9 Å². The lowest BCUT2D eigenvalue weighted by molar-refractivity contribution is 0.503. The molecule has 1 aromatic heterocycles. The Balaban J connectivity index is 0.00000288. The van der Waals surface area contributed by atoms with Gasteiger partial charge in [0.2, 0.25) is 0 Å². The molecule has 0 aliphatic rings. The Morgan fingerprint density at radius 1 is 1.33 bits per heavy atom. The number of hydrogen-bond donors (Lipinski definition) is 2. The largest absolute Gasteiger partial charge is 0.356 e. The van der Waals surface area contributed by atoms with Gasteiger partial charge in [0, 0.05) is 30.1 Å². The molecule has 0 spiro atoms. The van der Waals surface area contributed by atoms with Gasteiger partial charge in [0.15, 0.2) is 5.96 Å². The smallest absolute Gasteiger partial charge is 0.191 e. The van der Waals surface area contributed by atoms with Crippen LogP contribution in [-0.4, -0.2) is 24.5 Å². The molecule has 0 radical (unpaired) electrons. The number of rotatable bonds is 5. The third kappa shape index (κ3) is 6.01. The van der Waals surface area contributed by atoms with E-state index in [2.05, 4.69) is 34.5 Å². The fourth-order valence-corrected chi connectivity index (χ4v) is 2.91. The fraction of sp³-hybridized carbons (Fsp3) is 0.412. The van der Waals surface area contributed by atoms with E-state index in [0.29, 0.717) is 19.0 Å². The minimum absolute atomic E-state index is 0. The van der Waals surface area contributed by atoms with E-state index in [-0.39, 0.29) is 35.2 Å². The molecule has 0 fully saturated rings. The van der Waals surface area contributed by atoms with Gasteiger partial charge < -0.3 is 10.6 Å². The first-order valence-electron chi connectivity index (χ1n) is 7.52. The van der Waals surface area contributed by atoms with Crippen molar-refractivity contribution in [2.45, 2.75) is 32.7 Å². The zero-order valence-corrected chi connectivity index (χ0v) is 17.5. The Bertz CT molecular complexity index is 685. The number of nitrogens with zero attached hydrogens (tertiary/aromatic N) is 2. The van der Waals surface area contributed by atoms with Crippen molar-refractivity contribution in [3.63, 3.8) is 0 Å². The summed E-state index contributed by atoms with van der Waals surface area (Å²) in [4.78, 5) is 9.73. The molecular formula is C17H24FIN4S. The van der Waals surface area contributed by atoms with Crippen LogP contribution in [0.5, 0.6) is 0 Å². The highest BCUT2D eigenvalue weighted by Crippen LogP contribution is 2.22. The number of halogens is 2. The predicted molar refractivity (Wildman–Crippen MR) is 110 cm³/mol. The van der Waals surface area contributed by atoms with Crippen molar-refractivity contribution >= 4 is 41.3 Å². The summed E-state index contributed by atoms with van der Waals surface area (Å²) < 4.78 is 13.4. The van der Waals surface area contributed by atoms with Crippen molar-refractivity contribution in [1.82, 2.24) is 15.6 Å². The second-order valence-corrected chi connectivity index (χ2v) is 7.36. The molecule has 0 atom stereocenters. The van der Waals surface area contributed by atoms with E-state index in [4.69, 9.17) is 0 Å². The summed E-state index contributed by atoms with van der Waals surface area (Å²) in [6.45, 7) is 7.47. The van der Waals surface area contributed by atoms with Crippen LogP contribution < -0.4 is 10.6 Å². The molecule has 1 heterocycles. The topological polar surface area (TPSA) is 49.3 Å². The summed E-state index contributed by atoms with van der Waals surface area (Å²) in [7, 11) is 1.73.